The maximum atomic E-state index is 13.3. The van der Waals surface area contributed by atoms with Gasteiger partial charge in [-0.3, -0.25) is 28.1 Å². The number of esters is 1. The Morgan fingerprint density at radius 1 is 1.18 bits per heavy atom. The number of hydrogen-bond acceptors (Lipinski definition) is 8. The summed E-state index contributed by atoms with van der Waals surface area (Å²) in [5.41, 5.74) is -0.807. The zero-order chi connectivity index (χ0) is 33.0. The monoisotopic (exact) mass is 668 g/mol. The van der Waals surface area contributed by atoms with Gasteiger partial charge < -0.3 is 13.9 Å². The van der Waals surface area contributed by atoms with Gasteiger partial charge in [-0.2, -0.15) is 4.99 Å². The number of ether oxygens (including phenoxy) is 2. The van der Waals surface area contributed by atoms with Crippen LogP contribution in [0.15, 0.2) is 42.6 Å². The Kier molecular flexibility index (Phi) is 8.38. The number of hydrogen-bond donors (Lipinski definition) is 0. The molecule has 1 aliphatic rings. The lowest BCUT2D eigenvalue weighted by atomic mass is 9.93. The first-order valence-corrected chi connectivity index (χ1v) is 15.0. The Balaban J connectivity index is 1.54. The molecule has 11 nitrogen and oxygen atoms in total. The maximum absolute atomic E-state index is 13.3. The summed E-state index contributed by atoms with van der Waals surface area (Å²) >= 11 is 7.12. The van der Waals surface area contributed by atoms with E-state index in [1.807, 2.05) is 13.8 Å². The second-order valence-electron chi connectivity index (χ2n) is 11.1. The molecule has 0 saturated heterocycles. The summed E-state index contributed by atoms with van der Waals surface area (Å²) < 4.78 is 57.2. The van der Waals surface area contributed by atoms with Crippen LogP contribution in [0.2, 0.25) is 5.02 Å². The number of aryl methyl sites for hydroxylation is 2. The fraction of sp³-hybridized carbons (Fsp3) is 0.414. The minimum atomic E-state index is -4.94. The molecule has 240 valence electrons. The third kappa shape index (κ3) is 6.10. The molecule has 4 aromatic rings. The van der Waals surface area contributed by atoms with Gasteiger partial charge in [0.1, 0.15) is 16.9 Å². The number of benzene rings is 1. The number of halogens is 4. The second kappa shape index (κ2) is 11.7. The highest BCUT2D eigenvalue weighted by Gasteiger charge is 2.53. The van der Waals surface area contributed by atoms with E-state index < -0.39 is 40.7 Å². The minimum absolute atomic E-state index is 0.0257. The highest BCUT2D eigenvalue weighted by Crippen LogP contribution is 2.52. The quantitative estimate of drug-likeness (QED) is 0.246. The molecule has 0 bridgehead atoms. The molecule has 0 N–H and O–H groups in total. The van der Waals surface area contributed by atoms with Gasteiger partial charge in [-0.05, 0) is 43.9 Å². The first-order valence-electron chi connectivity index (χ1n) is 13.7. The van der Waals surface area contributed by atoms with Crippen molar-refractivity contribution in [2.24, 2.45) is 30.4 Å². The molecule has 0 unspecified atom stereocenters. The van der Waals surface area contributed by atoms with Gasteiger partial charge in [0.15, 0.2) is 11.5 Å². The fourth-order valence-corrected chi connectivity index (χ4v) is 6.29. The predicted molar refractivity (Wildman–Crippen MR) is 158 cm³/mol. The predicted octanol–water partition coefficient (Wildman–Crippen LogP) is 4.83. The van der Waals surface area contributed by atoms with Crippen LogP contribution in [0, 0.1) is 18.3 Å². The number of furan rings is 1. The fourth-order valence-electron chi connectivity index (χ4n) is 5.16. The van der Waals surface area contributed by atoms with Gasteiger partial charge in [0.2, 0.25) is 5.71 Å². The van der Waals surface area contributed by atoms with Crippen molar-refractivity contribution in [2.75, 3.05) is 0 Å². The third-order valence-electron chi connectivity index (χ3n) is 8.01. The molecule has 1 aliphatic carbocycles. The summed E-state index contributed by atoms with van der Waals surface area (Å²) in [6, 6.07) is 3.66. The summed E-state index contributed by atoms with van der Waals surface area (Å²) in [4.78, 5) is 55.9. The van der Waals surface area contributed by atoms with Crippen LogP contribution in [0.25, 0.3) is 22.4 Å². The van der Waals surface area contributed by atoms with E-state index in [-0.39, 0.29) is 51.3 Å². The first kappa shape index (κ1) is 32.3. The first-order chi connectivity index (χ1) is 21.0. The minimum Gasteiger partial charge on any atom is -0.444 e. The summed E-state index contributed by atoms with van der Waals surface area (Å²) in [7, 11) is 2.76. The number of fused-ring (bicyclic) bond motifs is 1. The molecule has 0 radical (unpaired) electrons. The van der Waals surface area contributed by atoms with Crippen LogP contribution in [-0.4, -0.2) is 31.9 Å². The second-order valence-corrected chi connectivity index (χ2v) is 12.3. The molecule has 1 fully saturated rings. The highest BCUT2D eigenvalue weighted by atomic mass is 35.5. The number of carbonyl (C=O) groups is 2. The number of nitrogens with zero attached hydrogens (tertiary/aromatic N) is 4. The molecule has 0 aliphatic heterocycles. The van der Waals surface area contributed by atoms with E-state index >= 15 is 0 Å². The van der Waals surface area contributed by atoms with Crippen molar-refractivity contribution < 1.29 is 36.7 Å². The van der Waals surface area contributed by atoms with Gasteiger partial charge in [-0.15, -0.1) is 24.5 Å². The Morgan fingerprint density at radius 2 is 1.87 bits per heavy atom. The van der Waals surface area contributed by atoms with Crippen LogP contribution in [0.5, 0.6) is 5.75 Å². The number of amides is 1. The molecule has 0 spiro atoms. The molecule has 3 heterocycles. The Labute approximate surface area is 262 Å². The van der Waals surface area contributed by atoms with Crippen LogP contribution in [0.4, 0.5) is 13.2 Å². The van der Waals surface area contributed by atoms with Crippen LogP contribution in [-0.2, 0) is 41.6 Å². The third-order valence-corrected chi connectivity index (χ3v) is 9.17. The zero-order valence-electron chi connectivity index (χ0n) is 24.8. The Hall–Kier alpha value is -4.11. The van der Waals surface area contributed by atoms with Crippen molar-refractivity contribution in [3.05, 3.63) is 65.6 Å². The van der Waals surface area contributed by atoms with E-state index in [9.17, 15) is 32.3 Å². The van der Waals surface area contributed by atoms with Crippen LogP contribution >= 0.6 is 22.9 Å². The SMILES string of the molecule is Cc1oc2c(c1CC(=O)N=c1scc(-c3ccc(OC(F)(F)F)c(Cl)c3)n1COC(=O)C1(C(C)C)CC1)c(=O)n(C)c(=O)n2C. The van der Waals surface area contributed by atoms with Crippen molar-refractivity contribution in [3.63, 3.8) is 0 Å². The summed E-state index contributed by atoms with van der Waals surface area (Å²) in [5, 5.41) is 1.35. The topological polar surface area (TPSA) is 127 Å². The van der Waals surface area contributed by atoms with Crippen LogP contribution in [0.3, 0.4) is 0 Å². The van der Waals surface area contributed by atoms with E-state index in [0.717, 1.165) is 22.0 Å². The lowest BCUT2D eigenvalue weighted by Gasteiger charge is -2.19. The molecule has 1 amide bonds. The standard InChI is InChI=1S/C29H28ClF3N4O7S/c1-14(2)28(8-9-28)25(40)42-13-37-19(16-6-7-20(18(30)10-16)44-29(31,32)33)12-45-26(37)34-21(38)11-17-15(3)43-24-22(17)23(39)35(4)27(41)36(24)5/h6-7,10,12,14H,8-9,11,13H2,1-5H3. The average Bonchev–Trinajstić information content (AvgIpc) is 3.61. The molecule has 0 atom stereocenters. The summed E-state index contributed by atoms with van der Waals surface area (Å²) in [6.45, 7) is 5.08. The molecule has 1 saturated carbocycles. The molecular weight excluding hydrogens is 641 g/mol. The number of aromatic nitrogens is 3. The van der Waals surface area contributed by atoms with Crippen molar-refractivity contribution in [1.29, 1.82) is 0 Å². The molecular formula is C29H28ClF3N4O7S. The van der Waals surface area contributed by atoms with Crippen molar-refractivity contribution >= 4 is 45.9 Å². The van der Waals surface area contributed by atoms with Gasteiger partial charge in [0.25, 0.3) is 11.5 Å². The van der Waals surface area contributed by atoms with Gasteiger partial charge in [-0.25, -0.2) is 4.79 Å². The zero-order valence-corrected chi connectivity index (χ0v) is 26.4. The molecule has 5 rings (SSSR count). The highest BCUT2D eigenvalue weighted by molar-refractivity contribution is 7.07. The smallest absolute Gasteiger partial charge is 0.444 e. The summed E-state index contributed by atoms with van der Waals surface area (Å²) in [6.07, 6.45) is -3.93. The van der Waals surface area contributed by atoms with Gasteiger partial charge in [0.05, 0.1) is 22.6 Å². The van der Waals surface area contributed by atoms with E-state index in [2.05, 4.69) is 9.73 Å². The van der Waals surface area contributed by atoms with Crippen molar-refractivity contribution in [1.82, 2.24) is 13.7 Å². The maximum Gasteiger partial charge on any atom is 0.573 e. The molecule has 3 aromatic heterocycles. The molecule has 16 heteroatoms. The average molecular weight is 669 g/mol. The lowest BCUT2D eigenvalue weighted by molar-refractivity contribution is -0.274. The van der Waals surface area contributed by atoms with Crippen molar-refractivity contribution in [3.8, 4) is 17.0 Å². The van der Waals surface area contributed by atoms with E-state index in [0.29, 0.717) is 24.1 Å². The largest absolute Gasteiger partial charge is 0.573 e. The van der Waals surface area contributed by atoms with Crippen LogP contribution in [0.1, 0.15) is 38.0 Å². The molecule has 45 heavy (non-hydrogen) atoms. The lowest BCUT2D eigenvalue weighted by Crippen LogP contribution is -2.36. The van der Waals surface area contributed by atoms with E-state index in [4.69, 9.17) is 20.8 Å². The normalized spacial score (nSPS) is 14.8. The molecule has 1 aromatic carbocycles. The summed E-state index contributed by atoms with van der Waals surface area (Å²) in [5.74, 6) is -1.37. The number of carbonyl (C=O) groups excluding carboxylic acids is 2. The van der Waals surface area contributed by atoms with E-state index in [1.165, 1.54) is 35.4 Å². The Morgan fingerprint density at radius 3 is 2.47 bits per heavy atom. The van der Waals surface area contributed by atoms with Crippen LogP contribution < -0.4 is 20.8 Å². The van der Waals surface area contributed by atoms with E-state index in [1.54, 1.807) is 12.3 Å². The van der Waals surface area contributed by atoms with Gasteiger partial charge >= 0.3 is 18.0 Å². The van der Waals surface area contributed by atoms with Gasteiger partial charge in [-0.1, -0.05) is 25.4 Å². The number of alkyl halides is 3. The number of thiazole rings is 1. The van der Waals surface area contributed by atoms with Crippen molar-refractivity contribution in [2.45, 2.75) is 53.1 Å². The number of rotatable bonds is 8. The van der Waals surface area contributed by atoms with Gasteiger partial charge in [0, 0.05) is 30.6 Å². The Bertz CT molecular complexity index is 2030.